The number of likely N-dealkylation sites (tertiary alicyclic amines) is 1. The van der Waals surface area contributed by atoms with Gasteiger partial charge in [0, 0.05) is 39.3 Å². The summed E-state index contributed by atoms with van der Waals surface area (Å²) in [5.41, 5.74) is 6.33. The molecule has 32 heavy (non-hydrogen) atoms. The van der Waals surface area contributed by atoms with Gasteiger partial charge in [-0.2, -0.15) is 4.72 Å². The lowest BCUT2D eigenvalue weighted by Gasteiger charge is -2.18. The minimum atomic E-state index is -3.97. The van der Waals surface area contributed by atoms with Crippen molar-refractivity contribution in [2.45, 2.75) is 23.2 Å². The summed E-state index contributed by atoms with van der Waals surface area (Å²) in [7, 11) is -3.97. The van der Waals surface area contributed by atoms with Gasteiger partial charge in [-0.25, -0.2) is 8.42 Å². The second-order valence-electron chi connectivity index (χ2n) is 7.34. The number of nitrogen functional groups attached to an aromatic ring is 1. The number of hydrogen-bond acceptors (Lipinski definition) is 6. The zero-order valence-electron chi connectivity index (χ0n) is 16.4. The molecule has 1 aliphatic rings. The van der Waals surface area contributed by atoms with Gasteiger partial charge >= 0.3 is 0 Å². The average Bonchev–Trinajstić information content (AvgIpc) is 3.29. The van der Waals surface area contributed by atoms with Crippen molar-refractivity contribution in [1.82, 2.24) is 9.62 Å². The SMILES string of the molecule is N=C(N)c1ccc(O)c(CN2CCC(NS(=O)(=O)c3cc4c(Cl)cc(Cl)cc4s3)C2=O)c1. The maximum atomic E-state index is 12.9. The van der Waals surface area contributed by atoms with Crippen molar-refractivity contribution in [1.29, 1.82) is 5.41 Å². The normalized spacial score (nSPS) is 16.8. The number of thiophene rings is 1. The highest BCUT2D eigenvalue weighted by Crippen LogP contribution is 2.36. The Labute approximate surface area is 198 Å². The lowest BCUT2D eigenvalue weighted by atomic mass is 10.1. The van der Waals surface area contributed by atoms with Crippen LogP contribution in [0.25, 0.3) is 10.1 Å². The monoisotopic (exact) mass is 512 g/mol. The van der Waals surface area contributed by atoms with Crippen LogP contribution in [0.5, 0.6) is 5.75 Å². The predicted octanol–water partition coefficient (Wildman–Crippen LogP) is 3.28. The first-order valence-electron chi connectivity index (χ1n) is 9.41. The average molecular weight is 513 g/mol. The fourth-order valence-corrected chi connectivity index (χ4v) is 6.87. The molecule has 0 radical (unpaired) electrons. The second kappa shape index (κ2) is 8.53. The number of carbonyl (C=O) groups excluding carboxylic acids is 1. The number of phenolic OH excluding ortho intramolecular Hbond substituents is 1. The third-order valence-corrected chi connectivity index (χ3v) is 8.70. The molecule has 3 aromatic rings. The molecular weight excluding hydrogens is 495 g/mol. The standard InChI is InChI=1S/C20H18Cl2N4O4S2/c21-12-6-14(22)13-8-18(31-17(13)7-12)32(29,30)25-15-3-4-26(20(15)28)9-11-5-10(19(23)24)1-2-16(11)27/h1-2,5-8,15,25,27H,3-4,9H2,(H3,23,24). The molecule has 1 fully saturated rings. The van der Waals surface area contributed by atoms with Gasteiger partial charge in [0.05, 0.1) is 5.02 Å². The van der Waals surface area contributed by atoms with Crippen LogP contribution >= 0.6 is 34.5 Å². The van der Waals surface area contributed by atoms with Gasteiger partial charge in [-0.1, -0.05) is 23.2 Å². The van der Waals surface area contributed by atoms with Crippen molar-refractivity contribution < 1.29 is 18.3 Å². The number of carbonyl (C=O) groups is 1. The summed E-state index contributed by atoms with van der Waals surface area (Å²) in [5.74, 6) is -0.592. The molecule has 2 aromatic carbocycles. The minimum Gasteiger partial charge on any atom is -0.508 e. The summed E-state index contributed by atoms with van der Waals surface area (Å²) in [6, 6.07) is 8.16. The Balaban J connectivity index is 1.51. The van der Waals surface area contributed by atoms with Crippen LogP contribution in [-0.4, -0.2) is 42.8 Å². The molecule has 1 unspecified atom stereocenters. The molecule has 1 atom stereocenters. The van der Waals surface area contributed by atoms with E-state index in [9.17, 15) is 18.3 Å². The highest BCUT2D eigenvalue weighted by Gasteiger charge is 2.35. The van der Waals surface area contributed by atoms with Gasteiger partial charge < -0.3 is 15.7 Å². The van der Waals surface area contributed by atoms with Crippen molar-refractivity contribution in [3.8, 4) is 5.75 Å². The summed E-state index contributed by atoms with van der Waals surface area (Å²) in [6.45, 7) is 0.380. The van der Waals surface area contributed by atoms with Crippen molar-refractivity contribution in [3.05, 3.63) is 57.6 Å². The fourth-order valence-electron chi connectivity index (χ4n) is 3.51. The molecule has 0 aliphatic carbocycles. The number of nitrogens with zero attached hydrogens (tertiary/aromatic N) is 1. The van der Waals surface area contributed by atoms with Crippen LogP contribution in [0.4, 0.5) is 0 Å². The summed E-state index contributed by atoms with van der Waals surface area (Å²) in [4.78, 5) is 14.3. The maximum Gasteiger partial charge on any atom is 0.250 e. The van der Waals surface area contributed by atoms with E-state index in [4.69, 9.17) is 34.3 Å². The number of amides is 1. The lowest BCUT2D eigenvalue weighted by molar-refractivity contribution is -0.129. The molecule has 1 aromatic heterocycles. The fraction of sp³-hybridized carbons (Fsp3) is 0.200. The van der Waals surface area contributed by atoms with Crippen molar-refractivity contribution >= 4 is 66.4 Å². The van der Waals surface area contributed by atoms with E-state index in [1.807, 2.05) is 0 Å². The smallest absolute Gasteiger partial charge is 0.250 e. The van der Waals surface area contributed by atoms with Crippen LogP contribution in [0, 0.1) is 5.41 Å². The Morgan fingerprint density at radius 1 is 1.28 bits per heavy atom. The summed E-state index contributed by atoms with van der Waals surface area (Å²) >= 11 is 13.2. The molecule has 2 heterocycles. The van der Waals surface area contributed by atoms with Gasteiger partial charge in [0.1, 0.15) is 21.8 Å². The van der Waals surface area contributed by atoms with E-state index < -0.39 is 22.0 Å². The quantitative estimate of drug-likeness (QED) is 0.296. The van der Waals surface area contributed by atoms with Gasteiger partial charge in [-0.3, -0.25) is 10.2 Å². The predicted molar refractivity (Wildman–Crippen MR) is 125 cm³/mol. The molecule has 168 valence electrons. The van der Waals surface area contributed by atoms with E-state index in [-0.39, 0.29) is 28.8 Å². The zero-order valence-corrected chi connectivity index (χ0v) is 19.6. The number of amidine groups is 1. The number of nitrogens with two attached hydrogens (primary N) is 1. The Bertz CT molecular complexity index is 1360. The van der Waals surface area contributed by atoms with Gasteiger partial charge in [-0.05, 0) is 42.8 Å². The molecular formula is C20H18Cl2N4O4S2. The van der Waals surface area contributed by atoms with E-state index in [1.54, 1.807) is 6.07 Å². The summed E-state index contributed by atoms with van der Waals surface area (Å²) in [5, 5.41) is 18.9. The molecule has 8 nitrogen and oxygen atoms in total. The highest BCUT2D eigenvalue weighted by atomic mass is 35.5. The number of aromatic hydroxyl groups is 1. The number of sulfonamides is 1. The van der Waals surface area contributed by atoms with Gasteiger partial charge in [0.15, 0.2) is 0 Å². The molecule has 5 N–H and O–H groups in total. The third kappa shape index (κ3) is 4.41. The molecule has 12 heteroatoms. The first kappa shape index (κ1) is 22.8. The second-order valence-corrected chi connectivity index (χ2v) is 11.2. The van der Waals surface area contributed by atoms with Gasteiger partial charge in [-0.15, -0.1) is 11.3 Å². The van der Waals surface area contributed by atoms with Gasteiger partial charge in [0.25, 0.3) is 10.0 Å². The van der Waals surface area contributed by atoms with E-state index in [2.05, 4.69) is 4.72 Å². The maximum absolute atomic E-state index is 12.9. The number of nitrogens with one attached hydrogen (secondary N) is 2. The Morgan fingerprint density at radius 2 is 2.03 bits per heavy atom. The van der Waals surface area contributed by atoms with Crippen molar-refractivity contribution in [3.63, 3.8) is 0 Å². The molecule has 0 bridgehead atoms. The highest BCUT2D eigenvalue weighted by molar-refractivity contribution is 7.91. The Hall–Kier alpha value is -2.37. The first-order chi connectivity index (χ1) is 15.0. The molecule has 0 spiro atoms. The number of benzene rings is 2. The minimum absolute atomic E-state index is 0.0346. The van der Waals surface area contributed by atoms with Crippen molar-refractivity contribution in [2.75, 3.05) is 6.54 Å². The van der Waals surface area contributed by atoms with Crippen LogP contribution in [0.1, 0.15) is 17.5 Å². The topological polar surface area (TPSA) is 137 Å². The van der Waals surface area contributed by atoms with E-state index in [0.29, 0.717) is 37.8 Å². The number of halogens is 2. The molecule has 0 saturated carbocycles. The molecule has 4 rings (SSSR count). The first-order valence-corrected chi connectivity index (χ1v) is 12.5. The summed E-state index contributed by atoms with van der Waals surface area (Å²) < 4.78 is 29.0. The number of phenols is 1. The summed E-state index contributed by atoms with van der Waals surface area (Å²) in [6.07, 6.45) is 0.280. The molecule has 1 aliphatic heterocycles. The third-order valence-electron chi connectivity index (χ3n) is 5.14. The lowest BCUT2D eigenvalue weighted by Crippen LogP contribution is -2.41. The van der Waals surface area contributed by atoms with E-state index in [0.717, 1.165) is 11.3 Å². The van der Waals surface area contributed by atoms with E-state index in [1.165, 1.54) is 35.2 Å². The van der Waals surface area contributed by atoms with Crippen LogP contribution in [0.15, 0.2) is 40.6 Å². The number of rotatable bonds is 6. The van der Waals surface area contributed by atoms with Crippen LogP contribution < -0.4 is 10.5 Å². The van der Waals surface area contributed by atoms with E-state index >= 15 is 0 Å². The molecule has 1 saturated heterocycles. The number of fused-ring (bicyclic) bond motifs is 1. The number of hydrogen-bond donors (Lipinski definition) is 4. The Kier molecular flexibility index (Phi) is 6.08. The Morgan fingerprint density at radius 3 is 2.75 bits per heavy atom. The van der Waals surface area contributed by atoms with Crippen LogP contribution in [-0.2, 0) is 21.4 Å². The van der Waals surface area contributed by atoms with Gasteiger partial charge in [0.2, 0.25) is 5.91 Å². The van der Waals surface area contributed by atoms with Crippen LogP contribution in [0.2, 0.25) is 10.0 Å². The zero-order chi connectivity index (χ0) is 23.2. The largest absolute Gasteiger partial charge is 0.508 e. The van der Waals surface area contributed by atoms with Crippen molar-refractivity contribution in [2.24, 2.45) is 5.73 Å². The van der Waals surface area contributed by atoms with Crippen LogP contribution in [0.3, 0.4) is 0 Å². The molecule has 1 amide bonds.